The lowest BCUT2D eigenvalue weighted by Gasteiger charge is -2.36. The van der Waals surface area contributed by atoms with Crippen molar-refractivity contribution in [2.24, 2.45) is 0 Å². The van der Waals surface area contributed by atoms with E-state index < -0.39 is 23.6 Å². The summed E-state index contributed by atoms with van der Waals surface area (Å²) in [5.41, 5.74) is 1.93. The fraction of sp³-hybridized carbons (Fsp3) is 0.273. The molecule has 150 valence electrons. The van der Waals surface area contributed by atoms with Crippen LogP contribution in [0.4, 0.5) is 13.2 Å². The van der Waals surface area contributed by atoms with Crippen molar-refractivity contribution in [3.63, 3.8) is 0 Å². The summed E-state index contributed by atoms with van der Waals surface area (Å²) in [6.07, 6.45) is -3.85. The molecule has 0 aliphatic carbocycles. The lowest BCUT2D eigenvalue weighted by atomic mass is 9.92. The van der Waals surface area contributed by atoms with Gasteiger partial charge in [0.25, 0.3) is 5.56 Å². The van der Waals surface area contributed by atoms with Crippen LogP contribution in [0.2, 0.25) is 0 Å². The van der Waals surface area contributed by atoms with Crippen LogP contribution in [-0.4, -0.2) is 21.4 Å². The van der Waals surface area contributed by atoms with Crippen LogP contribution < -0.4 is 5.56 Å². The molecule has 1 N–H and O–H groups in total. The number of H-pyrrole nitrogens is 1. The normalized spacial score (nSPS) is 17.1. The molecule has 0 saturated carbocycles. The molecule has 4 nitrogen and oxygen atoms in total. The highest BCUT2D eigenvalue weighted by Crippen LogP contribution is 2.33. The molecule has 1 unspecified atom stereocenters. The fourth-order valence-electron chi connectivity index (χ4n) is 3.82. The molecule has 0 radical (unpaired) electrons. The van der Waals surface area contributed by atoms with E-state index in [-0.39, 0.29) is 5.69 Å². The quantitative estimate of drug-likeness (QED) is 0.718. The minimum absolute atomic E-state index is 0.229. The van der Waals surface area contributed by atoms with Crippen molar-refractivity contribution in [2.75, 3.05) is 6.54 Å². The Hall–Kier alpha value is -2.93. The number of alkyl halides is 3. The van der Waals surface area contributed by atoms with Crippen LogP contribution in [0.25, 0.3) is 0 Å². The van der Waals surface area contributed by atoms with E-state index in [1.54, 1.807) is 0 Å². The maximum atomic E-state index is 13.3. The van der Waals surface area contributed by atoms with Crippen molar-refractivity contribution < 1.29 is 13.2 Å². The van der Waals surface area contributed by atoms with Crippen molar-refractivity contribution in [1.82, 2.24) is 14.9 Å². The molecule has 2 heterocycles. The molecule has 1 aromatic heterocycles. The van der Waals surface area contributed by atoms with Gasteiger partial charge in [-0.25, -0.2) is 4.98 Å². The van der Waals surface area contributed by atoms with Gasteiger partial charge in [0.15, 0.2) is 0 Å². The van der Waals surface area contributed by atoms with Gasteiger partial charge in [-0.1, -0.05) is 60.7 Å². The van der Waals surface area contributed by atoms with Gasteiger partial charge in [-0.2, -0.15) is 13.2 Å². The Morgan fingerprint density at radius 1 is 1.00 bits per heavy atom. The van der Waals surface area contributed by atoms with E-state index in [0.29, 0.717) is 31.5 Å². The molecule has 0 fully saturated rings. The number of halogens is 3. The van der Waals surface area contributed by atoms with Crippen molar-refractivity contribution in [2.45, 2.75) is 31.6 Å². The first-order valence-electron chi connectivity index (χ1n) is 9.44. The van der Waals surface area contributed by atoms with E-state index >= 15 is 0 Å². The van der Waals surface area contributed by atoms with E-state index in [1.165, 1.54) is 0 Å². The molecular weight excluding hydrogens is 379 g/mol. The summed E-state index contributed by atoms with van der Waals surface area (Å²) in [7, 11) is 0. The number of benzene rings is 2. The second-order valence-electron chi connectivity index (χ2n) is 7.19. The molecule has 4 rings (SSSR count). The second kappa shape index (κ2) is 7.83. The predicted molar refractivity (Wildman–Crippen MR) is 103 cm³/mol. The van der Waals surface area contributed by atoms with Crippen LogP contribution in [0.15, 0.2) is 65.5 Å². The zero-order valence-corrected chi connectivity index (χ0v) is 15.6. The maximum Gasteiger partial charge on any atom is 0.449 e. The van der Waals surface area contributed by atoms with Crippen LogP contribution >= 0.6 is 0 Å². The SMILES string of the molecule is O=c1[nH]c(C(F)(F)F)nc2c1CCN(Cc1ccccc1)C2Cc1ccccc1. The van der Waals surface area contributed by atoms with Gasteiger partial charge in [0, 0.05) is 18.7 Å². The number of aromatic nitrogens is 2. The summed E-state index contributed by atoms with van der Waals surface area (Å²) >= 11 is 0. The van der Waals surface area contributed by atoms with Gasteiger partial charge in [0.05, 0.1) is 11.7 Å². The van der Waals surface area contributed by atoms with Gasteiger partial charge < -0.3 is 4.98 Å². The average molecular weight is 399 g/mol. The Morgan fingerprint density at radius 3 is 2.24 bits per heavy atom. The number of nitrogens with zero attached hydrogens (tertiary/aromatic N) is 2. The van der Waals surface area contributed by atoms with Crippen LogP contribution in [0.3, 0.4) is 0 Å². The number of hydrogen-bond donors (Lipinski definition) is 1. The van der Waals surface area contributed by atoms with Crippen LogP contribution in [-0.2, 0) is 25.6 Å². The van der Waals surface area contributed by atoms with Gasteiger partial charge in [0.1, 0.15) is 0 Å². The monoisotopic (exact) mass is 399 g/mol. The van der Waals surface area contributed by atoms with Gasteiger partial charge in [-0.3, -0.25) is 9.69 Å². The molecule has 1 aliphatic heterocycles. The number of rotatable bonds is 4. The first kappa shape index (κ1) is 19.4. The van der Waals surface area contributed by atoms with Crippen molar-refractivity contribution in [3.8, 4) is 0 Å². The number of aromatic amines is 1. The van der Waals surface area contributed by atoms with Gasteiger partial charge >= 0.3 is 6.18 Å². The number of fused-ring (bicyclic) bond motifs is 1. The molecule has 0 bridgehead atoms. The molecule has 0 spiro atoms. The Labute approximate surface area is 166 Å². The first-order chi connectivity index (χ1) is 13.9. The third kappa shape index (κ3) is 4.24. The van der Waals surface area contributed by atoms with E-state index in [0.717, 1.165) is 11.1 Å². The second-order valence-corrected chi connectivity index (χ2v) is 7.19. The zero-order valence-electron chi connectivity index (χ0n) is 15.6. The van der Waals surface area contributed by atoms with E-state index in [2.05, 4.69) is 9.88 Å². The van der Waals surface area contributed by atoms with Crippen molar-refractivity contribution in [3.05, 3.63) is 99.2 Å². The topological polar surface area (TPSA) is 49.0 Å². The summed E-state index contributed by atoms with van der Waals surface area (Å²) < 4.78 is 39.9. The van der Waals surface area contributed by atoms with Crippen molar-refractivity contribution >= 4 is 0 Å². The summed E-state index contributed by atoms with van der Waals surface area (Å²) in [6.45, 7) is 1.16. The van der Waals surface area contributed by atoms with E-state index in [1.807, 2.05) is 65.6 Å². The van der Waals surface area contributed by atoms with Crippen LogP contribution in [0, 0.1) is 0 Å². The largest absolute Gasteiger partial charge is 0.449 e. The van der Waals surface area contributed by atoms with Gasteiger partial charge in [-0.05, 0) is 24.0 Å². The third-order valence-corrected chi connectivity index (χ3v) is 5.22. The third-order valence-electron chi connectivity index (χ3n) is 5.22. The van der Waals surface area contributed by atoms with Crippen molar-refractivity contribution in [1.29, 1.82) is 0 Å². The smallest absolute Gasteiger partial charge is 0.303 e. The molecule has 7 heteroatoms. The summed E-state index contributed by atoms with van der Waals surface area (Å²) in [6, 6.07) is 18.9. The summed E-state index contributed by atoms with van der Waals surface area (Å²) in [5.74, 6) is -1.24. The Kier molecular flexibility index (Phi) is 5.24. The summed E-state index contributed by atoms with van der Waals surface area (Å²) in [4.78, 5) is 20.3. The lowest BCUT2D eigenvalue weighted by molar-refractivity contribution is -0.145. The molecule has 0 amide bonds. The summed E-state index contributed by atoms with van der Waals surface area (Å²) in [5, 5.41) is 0. The Morgan fingerprint density at radius 2 is 1.62 bits per heavy atom. The molecule has 29 heavy (non-hydrogen) atoms. The van der Waals surface area contributed by atoms with E-state index in [9.17, 15) is 18.0 Å². The Bertz CT molecular complexity index is 1030. The highest BCUT2D eigenvalue weighted by atomic mass is 19.4. The molecule has 2 aromatic carbocycles. The predicted octanol–water partition coefficient (Wildman–Crippen LogP) is 4.13. The average Bonchev–Trinajstić information content (AvgIpc) is 2.70. The highest BCUT2D eigenvalue weighted by molar-refractivity contribution is 5.29. The van der Waals surface area contributed by atoms with Gasteiger partial charge in [0.2, 0.25) is 5.82 Å². The standard InChI is InChI=1S/C22H20F3N3O/c23-22(24,25)21-26-19-17(20(29)27-21)11-12-28(14-16-9-5-2-6-10-16)18(19)13-15-7-3-1-4-8-15/h1-10,18H,11-14H2,(H,26,27,29). The maximum absolute atomic E-state index is 13.3. The molecular formula is C22H20F3N3O. The lowest BCUT2D eigenvalue weighted by Crippen LogP contribution is -2.40. The number of hydrogen-bond acceptors (Lipinski definition) is 3. The number of nitrogens with one attached hydrogen (secondary N) is 1. The first-order valence-corrected chi connectivity index (χ1v) is 9.44. The fourth-order valence-corrected chi connectivity index (χ4v) is 3.82. The molecule has 1 atom stereocenters. The van der Waals surface area contributed by atoms with Crippen LogP contribution in [0.5, 0.6) is 0 Å². The minimum atomic E-state index is -4.70. The van der Waals surface area contributed by atoms with Gasteiger partial charge in [-0.15, -0.1) is 0 Å². The van der Waals surface area contributed by atoms with Crippen LogP contribution in [0.1, 0.15) is 34.3 Å². The van der Waals surface area contributed by atoms with E-state index in [4.69, 9.17) is 0 Å². The zero-order chi connectivity index (χ0) is 20.4. The molecule has 1 aliphatic rings. The molecule has 0 saturated heterocycles. The molecule has 3 aromatic rings. The Balaban J connectivity index is 1.77. The highest BCUT2D eigenvalue weighted by Gasteiger charge is 2.38. The minimum Gasteiger partial charge on any atom is -0.303 e.